The van der Waals surface area contributed by atoms with Crippen molar-refractivity contribution in [1.29, 1.82) is 0 Å². The van der Waals surface area contributed by atoms with Crippen LogP contribution < -0.4 is 15.4 Å². The van der Waals surface area contributed by atoms with E-state index in [9.17, 15) is 18.0 Å². The van der Waals surface area contributed by atoms with E-state index in [1.165, 1.54) is 13.2 Å². The molecule has 0 atom stereocenters. The van der Waals surface area contributed by atoms with Gasteiger partial charge in [0.15, 0.2) is 0 Å². The van der Waals surface area contributed by atoms with Crippen LogP contribution in [0.5, 0.6) is 5.75 Å². The number of hydrogen-bond acceptors (Lipinski definition) is 8. The first-order valence-corrected chi connectivity index (χ1v) is 13.3. The Balaban J connectivity index is 1.77. The average Bonchev–Trinajstić information content (AvgIpc) is 3.27. The van der Waals surface area contributed by atoms with Crippen molar-refractivity contribution in [3.63, 3.8) is 0 Å². The third-order valence-electron chi connectivity index (χ3n) is 5.12. The molecule has 1 aromatic heterocycles. The van der Waals surface area contributed by atoms with Crippen molar-refractivity contribution in [1.82, 2.24) is 14.9 Å². The Labute approximate surface area is 204 Å². The SMILES string of the molecule is COc1cccc(C(=O)NCc2ccc(S(=O)(=O)N(C(=O)OC(C)(C)C)C3CCNCC3)s2)c1. The van der Waals surface area contributed by atoms with E-state index >= 15 is 0 Å². The highest BCUT2D eigenvalue weighted by Gasteiger charge is 2.39. The van der Waals surface area contributed by atoms with Gasteiger partial charge >= 0.3 is 6.09 Å². The summed E-state index contributed by atoms with van der Waals surface area (Å²) in [6.45, 7) is 6.48. The third kappa shape index (κ3) is 6.49. The predicted molar refractivity (Wildman–Crippen MR) is 130 cm³/mol. The number of nitrogens with zero attached hydrogens (tertiary/aromatic N) is 1. The molecule has 186 valence electrons. The smallest absolute Gasteiger partial charge is 0.424 e. The molecule has 0 radical (unpaired) electrons. The number of benzene rings is 1. The fourth-order valence-electron chi connectivity index (χ4n) is 3.51. The van der Waals surface area contributed by atoms with Gasteiger partial charge in [-0.1, -0.05) is 6.07 Å². The van der Waals surface area contributed by atoms with Gasteiger partial charge in [0.25, 0.3) is 15.9 Å². The van der Waals surface area contributed by atoms with Crippen LogP contribution in [0.15, 0.2) is 40.6 Å². The molecule has 0 bridgehead atoms. The number of nitrogens with one attached hydrogen (secondary N) is 2. The van der Waals surface area contributed by atoms with Crippen LogP contribution in [-0.2, 0) is 21.3 Å². The van der Waals surface area contributed by atoms with Crippen LogP contribution >= 0.6 is 11.3 Å². The number of hydrogen-bond donors (Lipinski definition) is 2. The van der Waals surface area contributed by atoms with E-state index in [4.69, 9.17) is 9.47 Å². The predicted octanol–water partition coefficient (Wildman–Crippen LogP) is 3.36. The molecule has 11 heteroatoms. The maximum atomic E-state index is 13.5. The fourth-order valence-corrected chi connectivity index (χ4v) is 6.44. The summed E-state index contributed by atoms with van der Waals surface area (Å²) in [6.07, 6.45) is 0.140. The quantitative estimate of drug-likeness (QED) is 0.588. The zero-order valence-corrected chi connectivity index (χ0v) is 21.4. The summed E-state index contributed by atoms with van der Waals surface area (Å²) in [6, 6.07) is 9.36. The van der Waals surface area contributed by atoms with Gasteiger partial charge in [-0.3, -0.25) is 4.79 Å². The van der Waals surface area contributed by atoms with Gasteiger partial charge in [0.1, 0.15) is 15.6 Å². The van der Waals surface area contributed by atoms with Crippen molar-refractivity contribution in [2.45, 2.75) is 56.0 Å². The number of carbonyl (C=O) groups is 2. The number of rotatable bonds is 7. The van der Waals surface area contributed by atoms with E-state index in [0.717, 1.165) is 15.6 Å². The Bertz CT molecular complexity index is 1120. The van der Waals surface area contributed by atoms with Crippen molar-refractivity contribution in [2.75, 3.05) is 20.2 Å². The molecule has 34 heavy (non-hydrogen) atoms. The van der Waals surface area contributed by atoms with Gasteiger partial charge in [0, 0.05) is 10.4 Å². The molecule has 0 unspecified atom stereocenters. The molecular formula is C23H31N3O6S2. The summed E-state index contributed by atoms with van der Waals surface area (Å²) in [5.41, 5.74) is -0.395. The van der Waals surface area contributed by atoms with Gasteiger partial charge in [-0.05, 0) is 77.0 Å². The average molecular weight is 510 g/mol. The first kappa shape index (κ1) is 26.0. The lowest BCUT2D eigenvalue weighted by atomic mass is 10.1. The fraction of sp³-hybridized carbons (Fsp3) is 0.478. The highest BCUT2D eigenvalue weighted by atomic mass is 32.2. The van der Waals surface area contributed by atoms with Crippen LogP contribution in [0.2, 0.25) is 0 Å². The van der Waals surface area contributed by atoms with Crippen LogP contribution in [0.4, 0.5) is 4.79 Å². The molecule has 1 aliphatic rings. The normalized spacial score (nSPS) is 14.9. The van der Waals surface area contributed by atoms with Crippen LogP contribution in [0.25, 0.3) is 0 Å². The topological polar surface area (TPSA) is 114 Å². The summed E-state index contributed by atoms with van der Waals surface area (Å²) in [7, 11) is -2.61. The van der Waals surface area contributed by atoms with E-state index in [2.05, 4.69) is 10.6 Å². The summed E-state index contributed by atoms with van der Waals surface area (Å²) in [5, 5.41) is 5.97. The lowest BCUT2D eigenvalue weighted by Crippen LogP contribution is -2.50. The molecule has 0 spiro atoms. The second-order valence-corrected chi connectivity index (χ2v) is 12.1. The number of thiophene rings is 1. The summed E-state index contributed by atoms with van der Waals surface area (Å²) in [5.74, 6) is 0.263. The van der Waals surface area contributed by atoms with Crippen LogP contribution in [0, 0.1) is 0 Å². The van der Waals surface area contributed by atoms with Gasteiger partial charge < -0.3 is 20.1 Å². The second kappa shape index (κ2) is 10.7. The van der Waals surface area contributed by atoms with E-state index in [1.54, 1.807) is 51.1 Å². The van der Waals surface area contributed by atoms with Crippen molar-refractivity contribution >= 4 is 33.4 Å². The number of carbonyl (C=O) groups excluding carboxylic acids is 2. The number of amides is 2. The molecule has 2 aromatic rings. The van der Waals surface area contributed by atoms with Crippen molar-refractivity contribution in [2.24, 2.45) is 0 Å². The first-order chi connectivity index (χ1) is 16.0. The van der Waals surface area contributed by atoms with Crippen LogP contribution in [-0.4, -0.2) is 56.6 Å². The third-order valence-corrected chi connectivity index (χ3v) is 8.49. The van der Waals surface area contributed by atoms with Gasteiger partial charge in [-0.15, -0.1) is 11.3 Å². The maximum Gasteiger partial charge on any atom is 0.424 e. The van der Waals surface area contributed by atoms with Gasteiger partial charge in [0.05, 0.1) is 19.7 Å². The standard InChI is InChI=1S/C23H31N3O6S2/c1-23(2,3)32-22(28)26(17-10-12-24-13-11-17)34(29,30)20-9-8-19(33-20)15-25-21(27)16-6-5-7-18(14-16)31-4/h5-9,14,17,24H,10-13,15H2,1-4H3,(H,25,27). The molecule has 2 N–H and O–H groups in total. The highest BCUT2D eigenvalue weighted by molar-refractivity contribution is 7.91. The molecule has 9 nitrogen and oxygen atoms in total. The number of ether oxygens (including phenoxy) is 2. The highest BCUT2D eigenvalue weighted by Crippen LogP contribution is 2.30. The van der Waals surface area contributed by atoms with Gasteiger partial charge in [0.2, 0.25) is 0 Å². The molecule has 3 rings (SSSR count). The Kier molecular flexibility index (Phi) is 8.21. The van der Waals surface area contributed by atoms with Crippen molar-refractivity contribution in [3.05, 3.63) is 46.8 Å². The zero-order valence-electron chi connectivity index (χ0n) is 19.8. The minimum Gasteiger partial charge on any atom is -0.497 e. The Morgan fingerprint density at radius 2 is 1.88 bits per heavy atom. The largest absolute Gasteiger partial charge is 0.497 e. The van der Waals surface area contributed by atoms with E-state index < -0.39 is 27.8 Å². The van der Waals surface area contributed by atoms with E-state index in [1.807, 2.05) is 0 Å². The Hall–Kier alpha value is -2.63. The number of piperidine rings is 1. The first-order valence-electron chi connectivity index (χ1n) is 11.0. The van der Waals surface area contributed by atoms with Gasteiger partial charge in [-0.25, -0.2) is 4.79 Å². The second-order valence-electron chi connectivity index (χ2n) is 8.90. The van der Waals surface area contributed by atoms with E-state index in [-0.39, 0.29) is 16.7 Å². The van der Waals surface area contributed by atoms with Gasteiger partial charge in [-0.2, -0.15) is 12.7 Å². The number of methoxy groups -OCH3 is 1. The molecule has 1 aliphatic heterocycles. The molecular weight excluding hydrogens is 478 g/mol. The minimum atomic E-state index is -4.13. The van der Waals surface area contributed by atoms with Crippen molar-refractivity contribution in [3.8, 4) is 5.75 Å². The maximum absolute atomic E-state index is 13.5. The van der Waals surface area contributed by atoms with Crippen molar-refractivity contribution < 1.29 is 27.5 Å². The lowest BCUT2D eigenvalue weighted by molar-refractivity contribution is 0.0319. The molecule has 2 amide bonds. The lowest BCUT2D eigenvalue weighted by Gasteiger charge is -2.34. The summed E-state index contributed by atoms with van der Waals surface area (Å²) >= 11 is 1.02. The molecule has 0 saturated carbocycles. The Morgan fingerprint density at radius 3 is 2.53 bits per heavy atom. The molecule has 0 aliphatic carbocycles. The molecule has 1 aromatic carbocycles. The number of sulfonamides is 1. The Morgan fingerprint density at radius 1 is 1.18 bits per heavy atom. The monoisotopic (exact) mass is 509 g/mol. The van der Waals surface area contributed by atoms with Crippen LogP contribution in [0.3, 0.4) is 0 Å². The molecule has 1 fully saturated rings. The van der Waals surface area contributed by atoms with Crippen LogP contribution in [0.1, 0.15) is 48.8 Å². The molecule has 2 heterocycles. The molecule has 1 saturated heterocycles. The van der Waals surface area contributed by atoms with E-state index in [0.29, 0.717) is 42.1 Å². The zero-order chi connectivity index (χ0) is 24.9. The minimum absolute atomic E-state index is 0.0301. The summed E-state index contributed by atoms with van der Waals surface area (Å²) in [4.78, 5) is 26.1. The summed E-state index contributed by atoms with van der Waals surface area (Å²) < 4.78 is 38.5.